The second-order valence-corrected chi connectivity index (χ2v) is 6.41. The van der Waals surface area contributed by atoms with Crippen molar-refractivity contribution in [2.24, 2.45) is 0 Å². The summed E-state index contributed by atoms with van der Waals surface area (Å²) in [5.74, 6) is -0.248. The second-order valence-electron chi connectivity index (χ2n) is 6.00. The highest BCUT2D eigenvalue weighted by atomic mass is 35.5. The maximum absolute atomic E-state index is 13.9. The predicted octanol–water partition coefficient (Wildman–Crippen LogP) is 4.41. The lowest BCUT2D eigenvalue weighted by atomic mass is 10.1. The highest BCUT2D eigenvalue weighted by Gasteiger charge is 2.23. The van der Waals surface area contributed by atoms with Crippen molar-refractivity contribution < 1.29 is 4.39 Å². The summed E-state index contributed by atoms with van der Waals surface area (Å²) < 4.78 is 13.9. The van der Waals surface area contributed by atoms with Crippen molar-refractivity contribution in [1.29, 1.82) is 0 Å². The normalized spacial score (nSPS) is 16.6. The highest BCUT2D eigenvalue weighted by Crippen LogP contribution is 2.25. The molecule has 1 atom stereocenters. The molecule has 2 aromatic carbocycles. The molecule has 0 saturated carbocycles. The summed E-state index contributed by atoms with van der Waals surface area (Å²) in [7, 11) is 0. The van der Waals surface area contributed by atoms with E-state index in [4.69, 9.17) is 11.6 Å². The Morgan fingerprint density at radius 1 is 1.04 bits per heavy atom. The Morgan fingerprint density at radius 2 is 1.78 bits per heavy atom. The minimum atomic E-state index is -0.248. The van der Waals surface area contributed by atoms with Crippen LogP contribution in [0.4, 0.5) is 4.39 Å². The first-order valence-electron chi connectivity index (χ1n) is 8.18. The lowest BCUT2D eigenvalue weighted by Crippen LogP contribution is -2.34. The highest BCUT2D eigenvalue weighted by molar-refractivity contribution is 6.31. The average Bonchev–Trinajstić information content (AvgIpc) is 3.09. The second kappa shape index (κ2) is 7.91. The van der Waals surface area contributed by atoms with Gasteiger partial charge in [0.2, 0.25) is 0 Å². The van der Waals surface area contributed by atoms with Gasteiger partial charge in [0.1, 0.15) is 5.82 Å². The van der Waals surface area contributed by atoms with Crippen molar-refractivity contribution in [3.8, 4) is 0 Å². The van der Waals surface area contributed by atoms with Crippen LogP contribution in [0, 0.1) is 5.82 Å². The number of hydrogen-bond donors (Lipinski definition) is 1. The molecule has 3 rings (SSSR count). The molecule has 1 aliphatic rings. The van der Waals surface area contributed by atoms with Crippen molar-refractivity contribution in [1.82, 2.24) is 10.2 Å². The maximum Gasteiger partial charge on any atom is 0.129 e. The summed E-state index contributed by atoms with van der Waals surface area (Å²) in [5.41, 5.74) is 1.85. The largest absolute Gasteiger partial charge is 0.311 e. The molecule has 23 heavy (non-hydrogen) atoms. The van der Waals surface area contributed by atoms with Gasteiger partial charge in [-0.05, 0) is 43.6 Å². The van der Waals surface area contributed by atoms with Crippen LogP contribution in [-0.4, -0.2) is 24.5 Å². The van der Waals surface area contributed by atoms with E-state index in [0.717, 1.165) is 19.6 Å². The molecule has 1 N–H and O–H groups in total. The summed E-state index contributed by atoms with van der Waals surface area (Å²) >= 11 is 6.10. The summed E-state index contributed by atoms with van der Waals surface area (Å²) in [6.45, 7) is 3.49. The van der Waals surface area contributed by atoms with E-state index in [9.17, 15) is 4.39 Å². The Labute approximate surface area is 142 Å². The van der Waals surface area contributed by atoms with Crippen molar-refractivity contribution >= 4 is 11.6 Å². The van der Waals surface area contributed by atoms with Crippen LogP contribution in [0.15, 0.2) is 48.5 Å². The van der Waals surface area contributed by atoms with Crippen LogP contribution in [0.2, 0.25) is 5.02 Å². The molecular weight excluding hydrogens is 311 g/mol. The third-order valence-electron chi connectivity index (χ3n) is 4.47. The Balaban J connectivity index is 1.67. The van der Waals surface area contributed by atoms with E-state index >= 15 is 0 Å². The van der Waals surface area contributed by atoms with E-state index in [0.29, 0.717) is 23.2 Å². The van der Waals surface area contributed by atoms with E-state index in [1.807, 2.05) is 6.07 Å². The third-order valence-corrected chi connectivity index (χ3v) is 4.82. The number of halogens is 2. The number of nitrogens with zero attached hydrogens (tertiary/aromatic N) is 1. The fourth-order valence-corrected chi connectivity index (χ4v) is 3.45. The Kier molecular flexibility index (Phi) is 5.65. The zero-order valence-electron chi connectivity index (χ0n) is 13.1. The number of rotatable bonds is 6. The minimum absolute atomic E-state index is 0.248. The van der Waals surface area contributed by atoms with E-state index < -0.39 is 0 Å². The van der Waals surface area contributed by atoms with Crippen LogP contribution >= 0.6 is 11.6 Å². The van der Waals surface area contributed by atoms with E-state index in [1.54, 1.807) is 12.1 Å². The van der Waals surface area contributed by atoms with E-state index in [-0.39, 0.29) is 5.82 Å². The zero-order valence-corrected chi connectivity index (χ0v) is 13.9. The van der Waals surface area contributed by atoms with Gasteiger partial charge in [-0.25, -0.2) is 4.39 Å². The smallest absolute Gasteiger partial charge is 0.129 e. The molecule has 1 unspecified atom stereocenters. The van der Waals surface area contributed by atoms with Gasteiger partial charge in [0.05, 0.1) is 0 Å². The molecule has 0 aliphatic carbocycles. The van der Waals surface area contributed by atoms with Gasteiger partial charge in [0, 0.05) is 29.7 Å². The molecule has 0 aromatic heterocycles. The average molecular weight is 333 g/mol. The SMILES string of the molecule is Fc1cccc(Cl)c1CNCC(c1ccccc1)N1CCCC1. The number of nitrogens with one attached hydrogen (secondary N) is 1. The Bertz CT molecular complexity index is 606. The van der Waals surface area contributed by atoms with Gasteiger partial charge in [-0.2, -0.15) is 0 Å². The first-order valence-corrected chi connectivity index (χ1v) is 8.56. The van der Waals surface area contributed by atoms with Crippen LogP contribution in [-0.2, 0) is 6.54 Å². The third kappa shape index (κ3) is 4.11. The lowest BCUT2D eigenvalue weighted by Gasteiger charge is -2.28. The van der Waals surface area contributed by atoms with Crippen LogP contribution in [0.1, 0.15) is 30.0 Å². The van der Waals surface area contributed by atoms with Gasteiger partial charge in [0.25, 0.3) is 0 Å². The van der Waals surface area contributed by atoms with Crippen molar-refractivity contribution in [2.45, 2.75) is 25.4 Å². The summed E-state index contributed by atoms with van der Waals surface area (Å²) in [6, 6.07) is 15.7. The van der Waals surface area contributed by atoms with Gasteiger partial charge in [-0.3, -0.25) is 4.90 Å². The molecule has 1 aliphatic heterocycles. The summed E-state index contributed by atoms with van der Waals surface area (Å²) in [6.07, 6.45) is 2.50. The maximum atomic E-state index is 13.9. The summed E-state index contributed by atoms with van der Waals surface area (Å²) in [5, 5.41) is 3.87. The first kappa shape index (κ1) is 16.4. The van der Waals surface area contributed by atoms with Gasteiger partial charge in [-0.1, -0.05) is 48.0 Å². The molecule has 1 heterocycles. The lowest BCUT2D eigenvalue weighted by molar-refractivity contribution is 0.238. The quantitative estimate of drug-likeness (QED) is 0.843. The van der Waals surface area contributed by atoms with Gasteiger partial charge in [-0.15, -0.1) is 0 Å². The van der Waals surface area contributed by atoms with Crippen molar-refractivity contribution in [3.63, 3.8) is 0 Å². The monoisotopic (exact) mass is 332 g/mol. The van der Waals surface area contributed by atoms with E-state index in [1.165, 1.54) is 24.5 Å². The fourth-order valence-electron chi connectivity index (χ4n) is 3.22. The van der Waals surface area contributed by atoms with Crippen LogP contribution in [0.3, 0.4) is 0 Å². The minimum Gasteiger partial charge on any atom is -0.311 e. The van der Waals surface area contributed by atoms with Crippen LogP contribution in [0.5, 0.6) is 0 Å². The van der Waals surface area contributed by atoms with E-state index in [2.05, 4.69) is 34.5 Å². The molecule has 0 spiro atoms. The molecule has 2 nitrogen and oxygen atoms in total. The van der Waals surface area contributed by atoms with Crippen LogP contribution < -0.4 is 5.32 Å². The molecule has 1 fully saturated rings. The van der Waals surface area contributed by atoms with Gasteiger partial charge < -0.3 is 5.32 Å². The zero-order chi connectivity index (χ0) is 16.1. The molecule has 0 amide bonds. The molecule has 0 radical (unpaired) electrons. The Morgan fingerprint density at radius 3 is 2.48 bits per heavy atom. The van der Waals surface area contributed by atoms with Crippen LogP contribution in [0.25, 0.3) is 0 Å². The molecule has 2 aromatic rings. The molecular formula is C19H22ClFN2. The number of hydrogen-bond acceptors (Lipinski definition) is 2. The fraction of sp³-hybridized carbons (Fsp3) is 0.368. The van der Waals surface area contributed by atoms with Gasteiger partial charge in [0.15, 0.2) is 0 Å². The van der Waals surface area contributed by atoms with Gasteiger partial charge >= 0.3 is 0 Å². The first-order chi connectivity index (χ1) is 11.3. The Hall–Kier alpha value is -1.42. The molecule has 0 bridgehead atoms. The standard InChI is InChI=1S/C19H22ClFN2/c20-17-9-6-10-18(21)16(17)13-22-14-19(23-11-4-5-12-23)15-7-2-1-3-8-15/h1-3,6-10,19,22H,4-5,11-14H2. The number of likely N-dealkylation sites (tertiary alicyclic amines) is 1. The topological polar surface area (TPSA) is 15.3 Å². The number of benzene rings is 2. The molecule has 4 heteroatoms. The molecule has 122 valence electrons. The summed E-state index contributed by atoms with van der Waals surface area (Å²) in [4.78, 5) is 2.51. The van der Waals surface area contributed by atoms with Crippen molar-refractivity contribution in [3.05, 3.63) is 70.5 Å². The molecule has 1 saturated heterocycles. The van der Waals surface area contributed by atoms with Crippen molar-refractivity contribution in [2.75, 3.05) is 19.6 Å². The predicted molar refractivity (Wildman–Crippen MR) is 93.1 cm³/mol.